The van der Waals surface area contributed by atoms with E-state index in [1.807, 2.05) is 0 Å². The van der Waals surface area contributed by atoms with Crippen LogP contribution in [0.2, 0.25) is 5.02 Å². The van der Waals surface area contributed by atoms with Gasteiger partial charge in [0.2, 0.25) is 5.91 Å². The van der Waals surface area contributed by atoms with Gasteiger partial charge in [0, 0.05) is 38.4 Å². The maximum Gasteiger partial charge on any atom is 0.387 e. The van der Waals surface area contributed by atoms with E-state index in [9.17, 15) is 13.6 Å². The minimum absolute atomic E-state index is 0.0281. The molecule has 1 aromatic carbocycles. The molecule has 0 saturated carbocycles. The fraction of sp³-hybridized carbons (Fsp3) is 0.588. The van der Waals surface area contributed by atoms with Crippen LogP contribution in [0.4, 0.5) is 14.5 Å². The fourth-order valence-corrected chi connectivity index (χ4v) is 3.05. The van der Waals surface area contributed by atoms with Crippen molar-refractivity contribution in [1.82, 2.24) is 9.80 Å². The summed E-state index contributed by atoms with van der Waals surface area (Å²) in [5.41, 5.74) is 0.454. The van der Waals surface area contributed by atoms with Crippen molar-refractivity contribution >= 4 is 23.2 Å². The molecular formula is C17H24ClF2N3O2. The molecule has 8 heteroatoms. The van der Waals surface area contributed by atoms with Gasteiger partial charge in [-0.3, -0.25) is 9.69 Å². The van der Waals surface area contributed by atoms with Gasteiger partial charge in [-0.2, -0.15) is 8.78 Å². The van der Waals surface area contributed by atoms with Crippen molar-refractivity contribution in [3.05, 3.63) is 23.2 Å². The van der Waals surface area contributed by atoms with Gasteiger partial charge in [0.1, 0.15) is 5.75 Å². The van der Waals surface area contributed by atoms with Gasteiger partial charge in [-0.05, 0) is 24.1 Å². The molecule has 1 amide bonds. The number of anilines is 1. The van der Waals surface area contributed by atoms with Gasteiger partial charge in [-0.15, -0.1) is 0 Å². The maximum absolute atomic E-state index is 12.2. The lowest BCUT2D eigenvalue weighted by atomic mass is 10.2. The van der Waals surface area contributed by atoms with Crippen LogP contribution in [-0.4, -0.2) is 61.6 Å². The molecule has 0 unspecified atom stereocenters. The number of piperazine rings is 1. The average Bonchev–Trinajstić information content (AvgIpc) is 2.51. The molecule has 1 fully saturated rings. The molecule has 1 N–H and O–H groups in total. The summed E-state index contributed by atoms with van der Waals surface area (Å²) in [7, 11) is 0. The Labute approximate surface area is 151 Å². The molecule has 0 atom stereocenters. The number of alkyl halides is 2. The minimum atomic E-state index is -2.94. The molecule has 0 bridgehead atoms. The van der Waals surface area contributed by atoms with Crippen molar-refractivity contribution in [2.75, 3.05) is 44.6 Å². The Hall–Kier alpha value is -1.44. The second-order valence-electron chi connectivity index (χ2n) is 6.54. The summed E-state index contributed by atoms with van der Waals surface area (Å²) >= 11 is 5.88. The topological polar surface area (TPSA) is 44.8 Å². The van der Waals surface area contributed by atoms with Crippen LogP contribution in [0.15, 0.2) is 18.2 Å². The van der Waals surface area contributed by atoms with E-state index in [0.29, 0.717) is 18.2 Å². The number of amides is 1. The molecular weight excluding hydrogens is 352 g/mol. The van der Waals surface area contributed by atoms with Crippen molar-refractivity contribution in [2.24, 2.45) is 5.92 Å². The molecule has 0 radical (unpaired) electrons. The molecule has 1 aliphatic rings. The number of hydrogen-bond donors (Lipinski definition) is 1. The lowest BCUT2D eigenvalue weighted by Gasteiger charge is -2.35. The van der Waals surface area contributed by atoms with E-state index in [1.54, 1.807) is 0 Å². The second kappa shape index (κ2) is 9.31. The Morgan fingerprint density at radius 1 is 1.24 bits per heavy atom. The number of halogens is 3. The minimum Gasteiger partial charge on any atom is -0.433 e. The monoisotopic (exact) mass is 375 g/mol. The standard InChI is InChI=1S/C17H24ClF2N3O2/c1-12(2)10-22-5-7-23(8-6-22)11-16(24)21-13-3-4-15(14(18)9-13)25-17(19)20/h3-4,9,12,17H,5-8,10-11H2,1-2H3,(H,21,24). The molecule has 1 aromatic rings. The number of benzene rings is 1. The first-order valence-corrected chi connectivity index (χ1v) is 8.70. The first kappa shape index (κ1) is 19.9. The van der Waals surface area contributed by atoms with Gasteiger partial charge >= 0.3 is 6.61 Å². The number of ether oxygens (including phenoxy) is 1. The van der Waals surface area contributed by atoms with Gasteiger partial charge in [0.25, 0.3) is 0 Å². The Morgan fingerprint density at radius 3 is 2.44 bits per heavy atom. The van der Waals surface area contributed by atoms with E-state index < -0.39 is 6.61 Å². The van der Waals surface area contributed by atoms with Crippen LogP contribution in [0.5, 0.6) is 5.75 Å². The van der Waals surface area contributed by atoms with Crippen molar-refractivity contribution in [1.29, 1.82) is 0 Å². The molecule has 0 aliphatic carbocycles. The number of carbonyl (C=O) groups excluding carboxylic acids is 1. The normalized spacial score (nSPS) is 16.4. The first-order valence-electron chi connectivity index (χ1n) is 8.32. The summed E-state index contributed by atoms with van der Waals surface area (Å²) in [6, 6.07) is 4.20. The smallest absolute Gasteiger partial charge is 0.387 e. The van der Waals surface area contributed by atoms with Crippen LogP contribution in [0, 0.1) is 5.92 Å². The quantitative estimate of drug-likeness (QED) is 0.795. The van der Waals surface area contributed by atoms with E-state index in [2.05, 4.69) is 33.7 Å². The van der Waals surface area contributed by atoms with Crippen LogP contribution in [-0.2, 0) is 4.79 Å². The van der Waals surface area contributed by atoms with Crippen LogP contribution in [0.3, 0.4) is 0 Å². The summed E-state index contributed by atoms with van der Waals surface area (Å²) in [5.74, 6) is 0.364. The van der Waals surface area contributed by atoms with Gasteiger partial charge in [0.05, 0.1) is 11.6 Å². The highest BCUT2D eigenvalue weighted by molar-refractivity contribution is 6.32. The summed E-state index contributed by atoms with van der Waals surface area (Å²) in [5, 5.41) is 2.76. The number of nitrogens with one attached hydrogen (secondary N) is 1. The van der Waals surface area contributed by atoms with Gasteiger partial charge in [-0.1, -0.05) is 25.4 Å². The molecule has 25 heavy (non-hydrogen) atoms. The largest absolute Gasteiger partial charge is 0.433 e. The Morgan fingerprint density at radius 2 is 1.88 bits per heavy atom. The molecule has 2 rings (SSSR count). The zero-order valence-electron chi connectivity index (χ0n) is 14.5. The van der Waals surface area contributed by atoms with Gasteiger partial charge in [-0.25, -0.2) is 0 Å². The third-order valence-electron chi connectivity index (χ3n) is 3.89. The molecule has 1 saturated heterocycles. The van der Waals surface area contributed by atoms with E-state index in [4.69, 9.17) is 11.6 Å². The third-order valence-corrected chi connectivity index (χ3v) is 4.18. The molecule has 0 spiro atoms. The van der Waals surface area contributed by atoms with Gasteiger partial charge in [0.15, 0.2) is 0 Å². The van der Waals surface area contributed by atoms with Crippen molar-refractivity contribution in [3.8, 4) is 5.75 Å². The first-order chi connectivity index (χ1) is 11.8. The number of carbonyl (C=O) groups is 1. The lowest BCUT2D eigenvalue weighted by molar-refractivity contribution is -0.117. The van der Waals surface area contributed by atoms with Gasteiger partial charge < -0.3 is 15.0 Å². The number of rotatable bonds is 7. The van der Waals surface area contributed by atoms with Crippen molar-refractivity contribution < 1.29 is 18.3 Å². The van der Waals surface area contributed by atoms with E-state index in [1.165, 1.54) is 18.2 Å². The van der Waals surface area contributed by atoms with Crippen molar-refractivity contribution in [2.45, 2.75) is 20.5 Å². The Kier molecular flexibility index (Phi) is 7.40. The number of hydrogen-bond acceptors (Lipinski definition) is 4. The molecule has 140 valence electrons. The predicted octanol–water partition coefficient (Wildman–Crippen LogP) is 3.15. The summed E-state index contributed by atoms with van der Waals surface area (Å²) in [4.78, 5) is 16.7. The second-order valence-corrected chi connectivity index (χ2v) is 6.95. The summed E-state index contributed by atoms with van der Waals surface area (Å²) < 4.78 is 28.7. The summed E-state index contributed by atoms with van der Waals surface area (Å²) in [6.07, 6.45) is 0. The Balaban J connectivity index is 1.80. The van der Waals surface area contributed by atoms with Crippen LogP contribution in [0.25, 0.3) is 0 Å². The SMILES string of the molecule is CC(C)CN1CCN(CC(=O)Nc2ccc(OC(F)F)c(Cl)c2)CC1. The maximum atomic E-state index is 12.2. The van der Waals surface area contributed by atoms with Crippen LogP contribution < -0.4 is 10.1 Å². The van der Waals surface area contributed by atoms with Crippen LogP contribution >= 0.6 is 11.6 Å². The highest BCUT2D eigenvalue weighted by atomic mass is 35.5. The van der Waals surface area contributed by atoms with E-state index in [0.717, 1.165) is 32.7 Å². The Bertz CT molecular complexity index is 579. The highest BCUT2D eigenvalue weighted by Gasteiger charge is 2.19. The third kappa shape index (κ3) is 6.76. The fourth-order valence-electron chi connectivity index (χ4n) is 2.82. The average molecular weight is 376 g/mol. The lowest BCUT2D eigenvalue weighted by Crippen LogP contribution is -2.49. The predicted molar refractivity (Wildman–Crippen MR) is 94.4 cm³/mol. The zero-order valence-corrected chi connectivity index (χ0v) is 15.2. The molecule has 5 nitrogen and oxygen atoms in total. The molecule has 1 aliphatic heterocycles. The van der Waals surface area contributed by atoms with E-state index >= 15 is 0 Å². The summed E-state index contributed by atoms with van der Waals surface area (Å²) in [6.45, 7) is 6.43. The highest BCUT2D eigenvalue weighted by Crippen LogP contribution is 2.28. The molecule has 0 aromatic heterocycles. The molecule has 1 heterocycles. The van der Waals surface area contributed by atoms with E-state index in [-0.39, 0.29) is 16.7 Å². The zero-order chi connectivity index (χ0) is 18.4. The van der Waals surface area contributed by atoms with Crippen LogP contribution in [0.1, 0.15) is 13.8 Å². The number of nitrogens with zero attached hydrogens (tertiary/aromatic N) is 2. The van der Waals surface area contributed by atoms with Crippen molar-refractivity contribution in [3.63, 3.8) is 0 Å².